The number of aliphatic hydroxyl groups excluding tert-OH is 1. The molecule has 0 amide bonds. The number of aliphatic hydroxyl groups is 1. The van der Waals surface area contributed by atoms with Gasteiger partial charge in [-0.15, -0.1) is 0 Å². The van der Waals surface area contributed by atoms with E-state index in [0.717, 1.165) is 57.8 Å². The summed E-state index contributed by atoms with van der Waals surface area (Å²) in [5, 5.41) is 8.84. The molecule has 2 unspecified atom stereocenters. The third-order valence-corrected chi connectivity index (χ3v) is 7.11. The molecule has 6 heteroatoms. The standard InChI is InChI=1S/C23H48O4S.K/c1-3-5-6-7-14-17-20-23(28(25,26)27)21-18-15-12-10-8-9-11-13-16-19-22(24)4-2;/h22-24H,3-21H2,1-2H3,(H,25,26,27);/q;+1/p-1. The first-order valence-electron chi connectivity index (χ1n) is 12.0. The van der Waals surface area contributed by atoms with Crippen LogP contribution in [0.2, 0.25) is 0 Å². The number of hydrogen-bond acceptors (Lipinski definition) is 4. The maximum absolute atomic E-state index is 11.5. The monoisotopic (exact) mass is 458 g/mol. The SMILES string of the molecule is CCCCCCCCC(CCCCCCCCCCCC(O)CC)S(=O)(=O)[O-].[K+]. The summed E-state index contributed by atoms with van der Waals surface area (Å²) in [5.41, 5.74) is 0. The Balaban J connectivity index is 0. The molecule has 0 bridgehead atoms. The Morgan fingerprint density at radius 2 is 1.00 bits per heavy atom. The molecule has 0 rings (SSSR count). The van der Waals surface area contributed by atoms with E-state index in [1.54, 1.807) is 0 Å². The summed E-state index contributed by atoms with van der Waals surface area (Å²) in [6, 6.07) is 0. The maximum atomic E-state index is 11.5. The van der Waals surface area contributed by atoms with Crippen molar-refractivity contribution < 1.29 is 69.5 Å². The first-order chi connectivity index (χ1) is 13.4. The number of rotatable bonds is 21. The fourth-order valence-electron chi connectivity index (χ4n) is 3.78. The number of hydrogen-bond donors (Lipinski definition) is 1. The van der Waals surface area contributed by atoms with E-state index in [-0.39, 0.29) is 57.5 Å². The average Bonchev–Trinajstić information content (AvgIpc) is 2.65. The van der Waals surface area contributed by atoms with Crippen molar-refractivity contribution in [2.75, 3.05) is 0 Å². The van der Waals surface area contributed by atoms with Gasteiger partial charge >= 0.3 is 51.4 Å². The molecule has 170 valence electrons. The van der Waals surface area contributed by atoms with Crippen LogP contribution in [0.15, 0.2) is 0 Å². The quantitative estimate of drug-likeness (QED) is 0.162. The molecule has 4 nitrogen and oxygen atoms in total. The zero-order valence-electron chi connectivity index (χ0n) is 19.7. The molecule has 0 spiro atoms. The third-order valence-electron chi connectivity index (χ3n) is 5.82. The second-order valence-corrected chi connectivity index (χ2v) is 10.1. The Morgan fingerprint density at radius 3 is 1.34 bits per heavy atom. The van der Waals surface area contributed by atoms with Gasteiger partial charge in [0, 0.05) is 5.25 Å². The van der Waals surface area contributed by atoms with E-state index in [1.807, 2.05) is 6.92 Å². The summed E-state index contributed by atoms with van der Waals surface area (Å²) in [5.74, 6) is 0. The van der Waals surface area contributed by atoms with Crippen LogP contribution in [0.4, 0.5) is 0 Å². The Labute approximate surface area is 224 Å². The normalized spacial score (nSPS) is 13.8. The molecule has 0 fully saturated rings. The van der Waals surface area contributed by atoms with Crippen LogP contribution in [0.3, 0.4) is 0 Å². The van der Waals surface area contributed by atoms with Crippen molar-refractivity contribution in [2.24, 2.45) is 0 Å². The van der Waals surface area contributed by atoms with Crippen LogP contribution in [0.5, 0.6) is 0 Å². The van der Waals surface area contributed by atoms with Gasteiger partial charge in [0.15, 0.2) is 0 Å². The summed E-state index contributed by atoms with van der Waals surface area (Å²) < 4.78 is 34.4. The maximum Gasteiger partial charge on any atom is 1.00 e. The van der Waals surface area contributed by atoms with Crippen LogP contribution >= 0.6 is 0 Å². The van der Waals surface area contributed by atoms with E-state index in [4.69, 9.17) is 0 Å². The largest absolute Gasteiger partial charge is 1.00 e. The minimum Gasteiger partial charge on any atom is -0.748 e. The topological polar surface area (TPSA) is 77.4 Å². The smallest absolute Gasteiger partial charge is 0.748 e. The summed E-state index contributed by atoms with van der Waals surface area (Å²) in [6.07, 6.45) is 19.8. The average molecular weight is 459 g/mol. The van der Waals surface area contributed by atoms with Crippen molar-refractivity contribution in [2.45, 2.75) is 147 Å². The molecule has 0 saturated heterocycles. The minimum atomic E-state index is -4.15. The summed E-state index contributed by atoms with van der Waals surface area (Å²) >= 11 is 0. The van der Waals surface area contributed by atoms with E-state index < -0.39 is 15.4 Å². The molecule has 1 N–H and O–H groups in total. The van der Waals surface area contributed by atoms with Crippen LogP contribution in [0, 0.1) is 0 Å². The van der Waals surface area contributed by atoms with Crippen molar-refractivity contribution in [3.8, 4) is 0 Å². The van der Waals surface area contributed by atoms with Crippen LogP contribution in [0.25, 0.3) is 0 Å². The van der Waals surface area contributed by atoms with E-state index in [0.29, 0.717) is 12.8 Å². The Morgan fingerprint density at radius 1 is 0.655 bits per heavy atom. The van der Waals surface area contributed by atoms with Crippen LogP contribution in [0.1, 0.15) is 136 Å². The Hall–Kier alpha value is 1.51. The third kappa shape index (κ3) is 22.5. The molecular formula is C23H47KO4S. The van der Waals surface area contributed by atoms with Gasteiger partial charge in [0.05, 0.1) is 16.2 Å². The van der Waals surface area contributed by atoms with E-state index in [2.05, 4.69) is 6.92 Å². The van der Waals surface area contributed by atoms with E-state index in [1.165, 1.54) is 51.4 Å². The van der Waals surface area contributed by atoms with Gasteiger partial charge in [-0.1, -0.05) is 110 Å². The van der Waals surface area contributed by atoms with Gasteiger partial charge in [-0.3, -0.25) is 0 Å². The predicted octanol–water partition coefficient (Wildman–Crippen LogP) is 3.72. The van der Waals surface area contributed by atoms with Gasteiger partial charge in [0.2, 0.25) is 0 Å². The van der Waals surface area contributed by atoms with Gasteiger partial charge in [-0.05, 0) is 25.7 Å². The van der Waals surface area contributed by atoms with Gasteiger partial charge in [-0.25, -0.2) is 8.42 Å². The van der Waals surface area contributed by atoms with Crippen molar-refractivity contribution >= 4 is 10.1 Å². The second kappa shape index (κ2) is 22.7. The van der Waals surface area contributed by atoms with Crippen molar-refractivity contribution in [1.82, 2.24) is 0 Å². The van der Waals surface area contributed by atoms with E-state index >= 15 is 0 Å². The van der Waals surface area contributed by atoms with E-state index in [9.17, 15) is 18.1 Å². The van der Waals surface area contributed by atoms with Crippen molar-refractivity contribution in [3.63, 3.8) is 0 Å². The van der Waals surface area contributed by atoms with Crippen molar-refractivity contribution in [1.29, 1.82) is 0 Å². The zero-order chi connectivity index (χ0) is 21.1. The van der Waals surface area contributed by atoms with Crippen LogP contribution in [-0.2, 0) is 10.1 Å². The fourth-order valence-corrected chi connectivity index (χ4v) is 4.69. The molecule has 0 aliphatic carbocycles. The molecule has 0 saturated carbocycles. The van der Waals surface area contributed by atoms with Gasteiger partial charge in [-0.2, -0.15) is 0 Å². The molecule has 29 heavy (non-hydrogen) atoms. The molecule has 2 atom stereocenters. The Kier molecular flexibility index (Phi) is 25.6. The molecule has 0 heterocycles. The fraction of sp³-hybridized carbons (Fsp3) is 1.00. The molecule has 0 aliphatic rings. The van der Waals surface area contributed by atoms with Gasteiger partial charge in [0.1, 0.15) is 0 Å². The van der Waals surface area contributed by atoms with Gasteiger partial charge in [0.25, 0.3) is 0 Å². The summed E-state index contributed by atoms with van der Waals surface area (Å²) in [7, 11) is -4.15. The number of unbranched alkanes of at least 4 members (excludes halogenated alkanes) is 13. The first kappa shape index (κ1) is 32.7. The zero-order valence-corrected chi connectivity index (χ0v) is 23.6. The minimum absolute atomic E-state index is 0. The molecule has 0 radical (unpaired) electrons. The molecule has 0 aromatic heterocycles. The Bertz CT molecular complexity index is 429. The molecular weight excluding hydrogens is 411 g/mol. The van der Waals surface area contributed by atoms with Crippen molar-refractivity contribution in [3.05, 3.63) is 0 Å². The van der Waals surface area contributed by atoms with Crippen LogP contribution < -0.4 is 51.4 Å². The summed E-state index contributed by atoms with van der Waals surface area (Å²) in [4.78, 5) is 0. The predicted molar refractivity (Wildman–Crippen MR) is 119 cm³/mol. The second-order valence-electron chi connectivity index (χ2n) is 8.49. The first-order valence-corrected chi connectivity index (χ1v) is 13.5. The molecule has 0 aliphatic heterocycles. The molecule has 0 aromatic rings. The van der Waals surface area contributed by atoms with Crippen LogP contribution in [-0.4, -0.2) is 29.4 Å². The summed E-state index contributed by atoms with van der Waals surface area (Å²) in [6.45, 7) is 4.20. The van der Waals surface area contributed by atoms with Gasteiger partial charge < -0.3 is 9.66 Å². The molecule has 0 aromatic carbocycles.